The van der Waals surface area contributed by atoms with Gasteiger partial charge >= 0.3 is 0 Å². The van der Waals surface area contributed by atoms with Crippen LogP contribution in [0.25, 0.3) is 0 Å². The molecule has 1 N–H and O–H groups in total. The lowest BCUT2D eigenvalue weighted by Gasteiger charge is -2.08. The molecule has 0 saturated carbocycles. The summed E-state index contributed by atoms with van der Waals surface area (Å²) in [4.78, 5) is 12.8. The second-order valence-electron chi connectivity index (χ2n) is 4.11. The highest BCUT2D eigenvalue weighted by atomic mass is 79.9. The molecule has 0 unspecified atom stereocenters. The second kappa shape index (κ2) is 6.58. The number of ether oxygens (including phenoxy) is 1. The Hall–Kier alpha value is -1.53. The van der Waals surface area contributed by atoms with Crippen molar-refractivity contribution >= 4 is 21.7 Å². The Labute approximate surface area is 120 Å². The van der Waals surface area contributed by atoms with E-state index in [1.165, 1.54) is 0 Å². The molecule has 100 valence electrons. The Morgan fingerprint density at radius 2 is 2.11 bits per heavy atom. The summed E-state index contributed by atoms with van der Waals surface area (Å²) in [5.74, 6) is 1.47. The SMILES string of the molecule is COCc1nc(C)cc(NCc2cncc(Br)c2)n1. The molecular formula is C13H15BrN4O. The maximum atomic E-state index is 5.05. The highest BCUT2D eigenvalue weighted by Crippen LogP contribution is 2.12. The Morgan fingerprint density at radius 3 is 2.84 bits per heavy atom. The number of pyridine rings is 1. The Balaban J connectivity index is 2.06. The van der Waals surface area contributed by atoms with Gasteiger partial charge in [0.1, 0.15) is 12.4 Å². The monoisotopic (exact) mass is 322 g/mol. The van der Waals surface area contributed by atoms with Gasteiger partial charge in [-0.1, -0.05) is 0 Å². The van der Waals surface area contributed by atoms with E-state index in [0.717, 1.165) is 21.5 Å². The smallest absolute Gasteiger partial charge is 0.156 e. The second-order valence-corrected chi connectivity index (χ2v) is 5.02. The molecule has 0 radical (unpaired) electrons. The van der Waals surface area contributed by atoms with Crippen molar-refractivity contribution in [3.63, 3.8) is 0 Å². The van der Waals surface area contributed by atoms with Crippen LogP contribution in [-0.4, -0.2) is 22.1 Å². The van der Waals surface area contributed by atoms with Crippen LogP contribution in [0, 0.1) is 6.92 Å². The van der Waals surface area contributed by atoms with Crippen molar-refractivity contribution in [3.05, 3.63) is 46.1 Å². The number of nitrogens with one attached hydrogen (secondary N) is 1. The molecule has 0 atom stereocenters. The molecule has 2 heterocycles. The first-order valence-corrected chi connectivity index (χ1v) is 6.63. The zero-order valence-corrected chi connectivity index (χ0v) is 12.4. The number of halogens is 1. The van der Waals surface area contributed by atoms with Crippen molar-refractivity contribution in [2.45, 2.75) is 20.1 Å². The molecule has 0 saturated heterocycles. The summed E-state index contributed by atoms with van der Waals surface area (Å²) >= 11 is 3.40. The normalized spacial score (nSPS) is 10.5. The predicted octanol–water partition coefficient (Wildman–Crippen LogP) is 2.70. The summed E-state index contributed by atoms with van der Waals surface area (Å²) in [6, 6.07) is 3.93. The molecule has 0 spiro atoms. The lowest BCUT2D eigenvalue weighted by atomic mass is 10.3. The van der Waals surface area contributed by atoms with E-state index in [4.69, 9.17) is 4.74 Å². The zero-order chi connectivity index (χ0) is 13.7. The van der Waals surface area contributed by atoms with Crippen molar-refractivity contribution in [1.29, 1.82) is 0 Å². The van der Waals surface area contributed by atoms with Gasteiger partial charge in [-0.05, 0) is 34.5 Å². The van der Waals surface area contributed by atoms with Gasteiger partial charge in [-0.25, -0.2) is 9.97 Å². The van der Waals surface area contributed by atoms with Gasteiger partial charge in [-0.3, -0.25) is 4.98 Å². The van der Waals surface area contributed by atoms with Crippen LogP contribution in [-0.2, 0) is 17.9 Å². The first-order chi connectivity index (χ1) is 9.17. The number of hydrogen-bond acceptors (Lipinski definition) is 5. The quantitative estimate of drug-likeness (QED) is 0.917. The van der Waals surface area contributed by atoms with E-state index in [-0.39, 0.29) is 0 Å². The minimum atomic E-state index is 0.412. The predicted molar refractivity (Wildman–Crippen MR) is 76.7 cm³/mol. The fraction of sp³-hybridized carbons (Fsp3) is 0.308. The number of aromatic nitrogens is 3. The van der Waals surface area contributed by atoms with E-state index < -0.39 is 0 Å². The molecule has 5 nitrogen and oxygen atoms in total. The molecule has 0 aliphatic carbocycles. The van der Waals surface area contributed by atoms with Crippen molar-refractivity contribution < 1.29 is 4.74 Å². The van der Waals surface area contributed by atoms with Crippen molar-refractivity contribution in [1.82, 2.24) is 15.0 Å². The molecule has 2 aromatic heterocycles. The third kappa shape index (κ3) is 4.25. The largest absolute Gasteiger partial charge is 0.377 e. The van der Waals surface area contributed by atoms with Crippen LogP contribution in [0.15, 0.2) is 29.0 Å². The maximum Gasteiger partial charge on any atom is 0.156 e. The molecule has 0 amide bonds. The number of rotatable bonds is 5. The average molecular weight is 323 g/mol. The molecular weight excluding hydrogens is 308 g/mol. The zero-order valence-electron chi connectivity index (χ0n) is 10.9. The Morgan fingerprint density at radius 1 is 1.26 bits per heavy atom. The summed E-state index contributed by atoms with van der Waals surface area (Å²) in [6.07, 6.45) is 3.58. The van der Waals surface area contributed by atoms with Crippen LogP contribution in [0.4, 0.5) is 5.82 Å². The molecule has 0 bridgehead atoms. The van der Waals surface area contributed by atoms with Gasteiger partial charge < -0.3 is 10.1 Å². The summed E-state index contributed by atoms with van der Waals surface area (Å²) in [6.45, 7) is 3.01. The van der Waals surface area contributed by atoms with E-state index in [2.05, 4.69) is 36.2 Å². The van der Waals surface area contributed by atoms with Crippen LogP contribution in [0.1, 0.15) is 17.1 Å². The number of anilines is 1. The molecule has 2 aromatic rings. The fourth-order valence-corrected chi connectivity index (χ4v) is 2.07. The van der Waals surface area contributed by atoms with E-state index in [1.807, 2.05) is 25.3 Å². The highest BCUT2D eigenvalue weighted by molar-refractivity contribution is 9.10. The third-order valence-electron chi connectivity index (χ3n) is 2.41. The van der Waals surface area contributed by atoms with E-state index >= 15 is 0 Å². The number of hydrogen-bond donors (Lipinski definition) is 1. The van der Waals surface area contributed by atoms with E-state index in [1.54, 1.807) is 13.3 Å². The molecule has 0 aromatic carbocycles. The van der Waals surface area contributed by atoms with Crippen LogP contribution in [0.5, 0.6) is 0 Å². The van der Waals surface area contributed by atoms with Gasteiger partial charge in [0.05, 0.1) is 0 Å². The molecule has 0 aliphatic heterocycles. The minimum Gasteiger partial charge on any atom is -0.377 e. The average Bonchev–Trinajstić information content (AvgIpc) is 2.36. The molecule has 2 rings (SSSR count). The van der Waals surface area contributed by atoms with Gasteiger partial charge in [0.2, 0.25) is 0 Å². The summed E-state index contributed by atoms with van der Waals surface area (Å²) in [7, 11) is 1.63. The minimum absolute atomic E-state index is 0.412. The number of nitrogens with zero attached hydrogens (tertiary/aromatic N) is 3. The van der Waals surface area contributed by atoms with Crippen molar-refractivity contribution in [2.75, 3.05) is 12.4 Å². The fourth-order valence-electron chi connectivity index (χ4n) is 1.66. The Kier molecular flexibility index (Phi) is 4.81. The van der Waals surface area contributed by atoms with E-state index in [0.29, 0.717) is 19.0 Å². The van der Waals surface area contributed by atoms with Crippen molar-refractivity contribution in [2.24, 2.45) is 0 Å². The molecule has 0 fully saturated rings. The van der Waals surface area contributed by atoms with Gasteiger partial charge in [-0.15, -0.1) is 0 Å². The van der Waals surface area contributed by atoms with Crippen LogP contribution in [0.3, 0.4) is 0 Å². The molecule has 6 heteroatoms. The lowest BCUT2D eigenvalue weighted by molar-refractivity contribution is 0.177. The van der Waals surface area contributed by atoms with Gasteiger partial charge in [0, 0.05) is 42.3 Å². The lowest BCUT2D eigenvalue weighted by Crippen LogP contribution is -2.06. The highest BCUT2D eigenvalue weighted by Gasteiger charge is 2.02. The Bertz CT molecular complexity index is 562. The standard InChI is InChI=1S/C13H15BrN4O/c1-9-3-12(18-13(17-9)8-19-2)16-6-10-4-11(14)7-15-5-10/h3-5,7H,6,8H2,1-2H3,(H,16,17,18). The van der Waals surface area contributed by atoms with Crippen LogP contribution >= 0.6 is 15.9 Å². The topological polar surface area (TPSA) is 59.9 Å². The van der Waals surface area contributed by atoms with Crippen LogP contribution < -0.4 is 5.32 Å². The summed E-state index contributed by atoms with van der Waals surface area (Å²) in [5.41, 5.74) is 2.00. The van der Waals surface area contributed by atoms with E-state index in [9.17, 15) is 0 Å². The summed E-state index contributed by atoms with van der Waals surface area (Å²) < 4.78 is 6.01. The third-order valence-corrected chi connectivity index (χ3v) is 2.84. The summed E-state index contributed by atoms with van der Waals surface area (Å²) in [5, 5.41) is 3.26. The first-order valence-electron chi connectivity index (χ1n) is 5.84. The number of aryl methyl sites for hydroxylation is 1. The van der Waals surface area contributed by atoms with Crippen molar-refractivity contribution in [3.8, 4) is 0 Å². The molecule has 0 aliphatic rings. The maximum absolute atomic E-state index is 5.05. The van der Waals surface area contributed by atoms with Gasteiger partial charge in [0.25, 0.3) is 0 Å². The van der Waals surface area contributed by atoms with Crippen LogP contribution in [0.2, 0.25) is 0 Å². The van der Waals surface area contributed by atoms with Gasteiger partial charge in [-0.2, -0.15) is 0 Å². The number of methoxy groups -OCH3 is 1. The first kappa shape index (κ1) is 13.9. The van der Waals surface area contributed by atoms with Gasteiger partial charge in [0.15, 0.2) is 5.82 Å². The molecule has 19 heavy (non-hydrogen) atoms.